The van der Waals surface area contributed by atoms with Gasteiger partial charge in [-0.3, -0.25) is 0 Å². The van der Waals surface area contributed by atoms with Crippen LogP contribution in [0.3, 0.4) is 0 Å². The van der Waals surface area contributed by atoms with Crippen LogP contribution in [0.5, 0.6) is 0 Å². The van der Waals surface area contributed by atoms with Crippen LogP contribution in [0.25, 0.3) is 0 Å². The van der Waals surface area contributed by atoms with Gasteiger partial charge in [0.05, 0.1) is 5.71 Å². The first kappa shape index (κ1) is 26.1. The molecule has 198 valence electrons. The van der Waals surface area contributed by atoms with Crippen molar-refractivity contribution in [2.45, 2.75) is 112 Å². The Balaban J connectivity index is 1.24. The van der Waals surface area contributed by atoms with E-state index in [0.717, 1.165) is 47.6 Å². The largest absolute Gasteiger partial charge is 0.391 e. The summed E-state index contributed by atoms with van der Waals surface area (Å²) in [4.78, 5) is 5.77. The fourth-order valence-electron chi connectivity index (χ4n) is 9.43. The Labute approximate surface area is 221 Å². The van der Waals surface area contributed by atoms with Crippen molar-refractivity contribution in [3.05, 3.63) is 47.5 Å². The fourth-order valence-corrected chi connectivity index (χ4v) is 9.43. The highest BCUT2D eigenvalue weighted by Gasteiger charge is 2.59. The molecular formula is C34H51NO. The summed E-state index contributed by atoms with van der Waals surface area (Å²) >= 11 is 0. The zero-order chi connectivity index (χ0) is 25.3. The Morgan fingerprint density at radius 2 is 1.72 bits per heavy atom. The first-order chi connectivity index (χ1) is 17.3. The van der Waals surface area contributed by atoms with Crippen LogP contribution in [0, 0.1) is 46.3 Å². The summed E-state index contributed by atoms with van der Waals surface area (Å²) in [5.41, 5.74) is 4.99. The van der Waals surface area contributed by atoms with E-state index in [1.54, 1.807) is 5.57 Å². The van der Waals surface area contributed by atoms with E-state index in [2.05, 4.69) is 70.1 Å². The molecular weight excluding hydrogens is 438 g/mol. The van der Waals surface area contributed by atoms with Gasteiger partial charge in [0, 0.05) is 0 Å². The van der Waals surface area contributed by atoms with E-state index >= 15 is 0 Å². The highest BCUT2D eigenvalue weighted by Crippen LogP contribution is 2.67. The van der Waals surface area contributed by atoms with Gasteiger partial charge in [0.1, 0.15) is 6.61 Å². The standard InChI is InChI=1S/C34H51NO/c1-24(2)10-9-11-25(3)30-16-17-31-29-15-14-27-22-28(35-36-23-26-12-7-6-8-13-26)18-20-33(27,4)32(29)19-21-34(30,31)5/h6-8,12-13,22,24-25,29-32H,9-11,14-21,23H2,1-5H3/b35-28-/t25-,29+,30-,31+,32+,33+,34-/m1/s1. The van der Waals surface area contributed by atoms with Crippen LogP contribution in [0.1, 0.15) is 111 Å². The molecule has 0 amide bonds. The van der Waals surface area contributed by atoms with E-state index in [4.69, 9.17) is 4.84 Å². The van der Waals surface area contributed by atoms with Crippen LogP contribution >= 0.6 is 0 Å². The van der Waals surface area contributed by atoms with Crippen LogP contribution in [-0.4, -0.2) is 5.71 Å². The molecule has 2 heteroatoms. The molecule has 36 heavy (non-hydrogen) atoms. The predicted octanol–water partition coefficient (Wildman–Crippen LogP) is 9.60. The monoisotopic (exact) mass is 489 g/mol. The molecule has 3 fully saturated rings. The third kappa shape index (κ3) is 4.95. The summed E-state index contributed by atoms with van der Waals surface area (Å²) in [7, 11) is 0. The second-order valence-electron chi connectivity index (χ2n) is 13.9. The minimum atomic E-state index is 0.379. The lowest BCUT2D eigenvalue weighted by atomic mass is 9.46. The Hall–Kier alpha value is -1.57. The van der Waals surface area contributed by atoms with E-state index in [1.165, 1.54) is 69.8 Å². The molecule has 0 saturated heterocycles. The molecule has 5 rings (SSSR count). The smallest absolute Gasteiger partial charge is 0.142 e. The molecule has 0 spiro atoms. The van der Waals surface area contributed by atoms with Crippen molar-refractivity contribution in [3.8, 4) is 0 Å². The van der Waals surface area contributed by atoms with Crippen molar-refractivity contribution in [1.82, 2.24) is 0 Å². The van der Waals surface area contributed by atoms with Crippen LogP contribution in [0.2, 0.25) is 0 Å². The summed E-state index contributed by atoms with van der Waals surface area (Å²) in [5.74, 6) is 5.46. The molecule has 3 saturated carbocycles. The molecule has 1 aromatic rings. The molecule has 2 nitrogen and oxygen atoms in total. The Kier molecular flexibility index (Phi) is 7.71. The molecule has 0 aromatic heterocycles. The second-order valence-corrected chi connectivity index (χ2v) is 13.9. The van der Waals surface area contributed by atoms with Crippen LogP contribution < -0.4 is 0 Å². The lowest BCUT2D eigenvalue weighted by Crippen LogP contribution is -2.51. The molecule has 0 bridgehead atoms. The molecule has 0 aliphatic heterocycles. The Morgan fingerprint density at radius 1 is 0.917 bits per heavy atom. The average molecular weight is 490 g/mol. The molecule has 1 aromatic carbocycles. The number of allylic oxidation sites excluding steroid dienone is 2. The first-order valence-electron chi connectivity index (χ1n) is 15.2. The van der Waals surface area contributed by atoms with Crippen molar-refractivity contribution in [3.63, 3.8) is 0 Å². The van der Waals surface area contributed by atoms with Crippen LogP contribution in [0.4, 0.5) is 0 Å². The van der Waals surface area contributed by atoms with E-state index in [-0.39, 0.29) is 0 Å². The second kappa shape index (κ2) is 10.7. The third-order valence-electron chi connectivity index (χ3n) is 11.4. The van der Waals surface area contributed by atoms with Crippen molar-refractivity contribution in [1.29, 1.82) is 0 Å². The van der Waals surface area contributed by atoms with Gasteiger partial charge in [-0.2, -0.15) is 0 Å². The van der Waals surface area contributed by atoms with Crippen molar-refractivity contribution in [2.75, 3.05) is 0 Å². The number of rotatable bonds is 8. The molecule has 4 aliphatic carbocycles. The molecule has 0 heterocycles. The lowest BCUT2D eigenvalue weighted by Gasteiger charge is -2.58. The number of oxime groups is 1. The predicted molar refractivity (Wildman–Crippen MR) is 152 cm³/mol. The maximum Gasteiger partial charge on any atom is 0.142 e. The van der Waals surface area contributed by atoms with Crippen molar-refractivity contribution >= 4 is 5.71 Å². The number of nitrogens with zero attached hydrogens (tertiary/aromatic N) is 1. The molecule has 4 aliphatic rings. The average Bonchev–Trinajstić information content (AvgIpc) is 3.22. The molecule has 0 unspecified atom stereocenters. The van der Waals surface area contributed by atoms with Crippen LogP contribution in [0.15, 0.2) is 47.1 Å². The molecule has 0 radical (unpaired) electrons. The minimum Gasteiger partial charge on any atom is -0.391 e. The Bertz CT molecular complexity index is 947. The van der Waals surface area contributed by atoms with Crippen LogP contribution in [-0.2, 0) is 11.4 Å². The number of fused-ring (bicyclic) bond motifs is 5. The number of hydrogen-bond donors (Lipinski definition) is 0. The number of hydrogen-bond acceptors (Lipinski definition) is 2. The molecule has 0 N–H and O–H groups in total. The van der Waals surface area contributed by atoms with E-state index in [0.29, 0.717) is 17.4 Å². The minimum absolute atomic E-state index is 0.379. The summed E-state index contributed by atoms with van der Waals surface area (Å²) in [6.07, 6.45) is 17.6. The van der Waals surface area contributed by atoms with E-state index < -0.39 is 0 Å². The van der Waals surface area contributed by atoms with Gasteiger partial charge in [-0.25, -0.2) is 0 Å². The lowest BCUT2D eigenvalue weighted by molar-refractivity contribution is -0.0574. The van der Waals surface area contributed by atoms with Gasteiger partial charge in [-0.15, -0.1) is 0 Å². The zero-order valence-corrected chi connectivity index (χ0v) is 23.8. The SMILES string of the molecule is CC(C)CCC[C@@H](C)[C@H]1CC[C@H]2[C@@H]3CCC4=C/C(=N\OCc5ccccc5)CC[C@]4(C)[C@H]3CC[C@]12C. The molecule has 7 atom stereocenters. The highest BCUT2D eigenvalue weighted by atomic mass is 16.6. The summed E-state index contributed by atoms with van der Waals surface area (Å²) in [6, 6.07) is 10.4. The van der Waals surface area contributed by atoms with Gasteiger partial charge in [-0.1, -0.05) is 94.9 Å². The maximum atomic E-state index is 5.77. The van der Waals surface area contributed by atoms with Gasteiger partial charge in [0.2, 0.25) is 0 Å². The van der Waals surface area contributed by atoms with E-state index in [9.17, 15) is 0 Å². The third-order valence-corrected chi connectivity index (χ3v) is 11.4. The quantitative estimate of drug-likeness (QED) is 0.333. The first-order valence-corrected chi connectivity index (χ1v) is 15.2. The normalized spacial score (nSPS) is 37.7. The van der Waals surface area contributed by atoms with E-state index in [1.807, 2.05) is 6.07 Å². The van der Waals surface area contributed by atoms with Gasteiger partial charge in [-0.05, 0) is 109 Å². The zero-order valence-electron chi connectivity index (χ0n) is 23.8. The van der Waals surface area contributed by atoms with Gasteiger partial charge >= 0.3 is 0 Å². The highest BCUT2D eigenvalue weighted by molar-refractivity contribution is 5.96. The summed E-state index contributed by atoms with van der Waals surface area (Å²) in [5, 5.41) is 4.57. The summed E-state index contributed by atoms with van der Waals surface area (Å²) in [6.45, 7) is 13.2. The fraction of sp³-hybridized carbons (Fsp3) is 0.735. The van der Waals surface area contributed by atoms with Gasteiger partial charge in [0.25, 0.3) is 0 Å². The Morgan fingerprint density at radius 3 is 2.50 bits per heavy atom. The van der Waals surface area contributed by atoms with Gasteiger partial charge in [0.15, 0.2) is 0 Å². The summed E-state index contributed by atoms with van der Waals surface area (Å²) < 4.78 is 0. The maximum absolute atomic E-state index is 5.77. The van der Waals surface area contributed by atoms with Crippen molar-refractivity contribution < 1.29 is 4.84 Å². The van der Waals surface area contributed by atoms with Gasteiger partial charge < -0.3 is 4.84 Å². The van der Waals surface area contributed by atoms with Crippen molar-refractivity contribution in [2.24, 2.45) is 51.5 Å². The number of benzene rings is 1. The topological polar surface area (TPSA) is 21.6 Å².